The van der Waals surface area contributed by atoms with Crippen molar-refractivity contribution in [1.82, 2.24) is 0 Å². The van der Waals surface area contributed by atoms with Gasteiger partial charge in [-0.25, -0.2) is 4.57 Å². The molecule has 0 aromatic rings. The summed E-state index contributed by atoms with van der Waals surface area (Å²) >= 11 is 0. The van der Waals surface area contributed by atoms with Crippen LogP contribution in [0.4, 0.5) is 0 Å². The Morgan fingerprint density at radius 3 is 1.21 bits per heavy atom. The molecule has 24 heavy (non-hydrogen) atoms. The van der Waals surface area contributed by atoms with Crippen LogP contribution in [-0.2, 0) is 9.09 Å². The summed E-state index contributed by atoms with van der Waals surface area (Å²) in [4.78, 5) is 17.1. The largest absolute Gasteiger partial charge is 0.469 e. The van der Waals surface area contributed by atoms with Crippen LogP contribution in [0.2, 0.25) is 0 Å². The molecule has 2 N–H and O–H groups in total. The second-order valence-corrected chi connectivity index (χ2v) is 7.87. The van der Waals surface area contributed by atoms with Gasteiger partial charge >= 0.3 is 7.82 Å². The van der Waals surface area contributed by atoms with Gasteiger partial charge in [0, 0.05) is 40.8 Å². The minimum Gasteiger partial charge on any atom is -0.303 e. The van der Waals surface area contributed by atoms with Gasteiger partial charge in [-0.2, -0.15) is 0 Å². The van der Waals surface area contributed by atoms with Crippen molar-refractivity contribution in [2.45, 2.75) is 110 Å². The summed E-state index contributed by atoms with van der Waals surface area (Å²) in [5, 5.41) is 0. The van der Waals surface area contributed by atoms with Crippen LogP contribution in [0.3, 0.4) is 0 Å². The first-order valence-corrected chi connectivity index (χ1v) is 11.3. The summed E-state index contributed by atoms with van der Waals surface area (Å²) in [5.41, 5.74) is 0. The molecule has 0 saturated heterocycles. The van der Waals surface area contributed by atoms with Gasteiger partial charge in [0.05, 0.1) is 6.61 Å². The van der Waals surface area contributed by atoms with Crippen LogP contribution in [0.5, 0.6) is 0 Å². The summed E-state index contributed by atoms with van der Waals surface area (Å²) in [6.07, 6.45) is 20.7. The molecule has 0 bridgehead atoms. The first kappa shape index (κ1) is 27.7. The normalized spacial score (nSPS) is 11.5. The Labute approximate surface area is 182 Å². The van der Waals surface area contributed by atoms with Crippen molar-refractivity contribution >= 4 is 7.82 Å². The predicted octanol–water partition coefficient (Wildman–Crippen LogP) is 6.36. The third-order valence-corrected chi connectivity index (χ3v) is 4.78. The van der Waals surface area contributed by atoms with Crippen LogP contribution in [0.1, 0.15) is 110 Å². The average Bonchev–Trinajstić information content (AvgIpc) is 2.49. The van der Waals surface area contributed by atoms with E-state index in [4.69, 9.17) is 9.79 Å². The molecule has 0 aliphatic carbocycles. The number of hydrogen-bond donors (Lipinski definition) is 2. The molecule has 0 fully saturated rings. The van der Waals surface area contributed by atoms with E-state index in [9.17, 15) is 4.57 Å². The van der Waals surface area contributed by atoms with E-state index in [-0.39, 0.29) is 47.4 Å². The number of unbranched alkanes of at least 4 members (excludes halogenated alkanes) is 15. The third-order valence-electron chi connectivity index (χ3n) is 4.26. The Balaban J connectivity index is 0. The molecular formula is C18H39NdO4P. The molecule has 0 atom stereocenters. The van der Waals surface area contributed by atoms with Crippen molar-refractivity contribution in [2.24, 2.45) is 0 Å². The van der Waals surface area contributed by atoms with Gasteiger partial charge in [-0.05, 0) is 6.42 Å². The fourth-order valence-electron chi connectivity index (χ4n) is 2.83. The van der Waals surface area contributed by atoms with Crippen LogP contribution in [0, 0.1) is 40.8 Å². The van der Waals surface area contributed by atoms with Crippen LogP contribution >= 0.6 is 7.82 Å². The Bertz CT molecular complexity index is 284. The standard InChI is InChI=1S/C18H39O4P.Nd/c1-2-3-4-5-6-7-8-9-10-11-12-13-14-15-16-17-18-22-23(19,20)21;/h2-18H2,1H3,(H2,19,20,21);. The molecule has 0 unspecified atom stereocenters. The smallest absolute Gasteiger partial charge is 0.303 e. The maximum atomic E-state index is 10.5. The number of phosphoric ester groups is 1. The molecule has 0 saturated carbocycles. The van der Waals surface area contributed by atoms with Crippen LogP contribution in [0.15, 0.2) is 0 Å². The molecule has 0 amide bonds. The topological polar surface area (TPSA) is 66.8 Å². The van der Waals surface area contributed by atoms with Crippen LogP contribution < -0.4 is 0 Å². The average molecular weight is 495 g/mol. The van der Waals surface area contributed by atoms with Gasteiger partial charge in [0.1, 0.15) is 0 Å². The van der Waals surface area contributed by atoms with Crippen molar-refractivity contribution in [3.8, 4) is 0 Å². The summed E-state index contributed by atoms with van der Waals surface area (Å²) in [6.45, 7) is 2.43. The quantitative estimate of drug-likeness (QED) is 0.172. The van der Waals surface area contributed by atoms with Gasteiger partial charge in [0.25, 0.3) is 0 Å². The third kappa shape index (κ3) is 25.7. The van der Waals surface area contributed by atoms with Crippen LogP contribution in [0.25, 0.3) is 0 Å². The molecule has 0 aromatic heterocycles. The Morgan fingerprint density at radius 2 is 0.917 bits per heavy atom. The van der Waals surface area contributed by atoms with E-state index in [0.29, 0.717) is 0 Å². The van der Waals surface area contributed by atoms with E-state index in [1.807, 2.05) is 0 Å². The maximum absolute atomic E-state index is 10.5. The molecular weight excluding hydrogens is 455 g/mol. The Kier molecular flexibility index (Phi) is 24.0. The Hall–Kier alpha value is 1.46. The summed E-state index contributed by atoms with van der Waals surface area (Å²) in [6, 6.07) is 0. The second-order valence-electron chi connectivity index (χ2n) is 6.63. The number of rotatable bonds is 18. The molecule has 0 aliphatic rings. The molecule has 0 heterocycles. The van der Waals surface area contributed by atoms with Crippen molar-refractivity contribution < 1.29 is 59.7 Å². The molecule has 0 aromatic carbocycles. The van der Waals surface area contributed by atoms with E-state index in [1.165, 1.54) is 83.5 Å². The van der Waals surface area contributed by atoms with Crippen molar-refractivity contribution in [3.05, 3.63) is 0 Å². The van der Waals surface area contributed by atoms with Crippen molar-refractivity contribution in [2.75, 3.05) is 6.61 Å². The predicted molar refractivity (Wildman–Crippen MR) is 97.5 cm³/mol. The maximum Gasteiger partial charge on any atom is 0.469 e. The van der Waals surface area contributed by atoms with Gasteiger partial charge in [-0.1, -0.05) is 103 Å². The monoisotopic (exact) mass is 492 g/mol. The number of phosphoric acid groups is 1. The Morgan fingerprint density at radius 1 is 0.625 bits per heavy atom. The van der Waals surface area contributed by atoms with E-state index >= 15 is 0 Å². The van der Waals surface area contributed by atoms with Gasteiger partial charge in [0.2, 0.25) is 0 Å². The summed E-state index contributed by atoms with van der Waals surface area (Å²) in [7, 11) is -4.26. The zero-order valence-electron chi connectivity index (χ0n) is 15.7. The first-order chi connectivity index (χ1) is 11.1. The number of hydrogen-bond acceptors (Lipinski definition) is 2. The summed E-state index contributed by atoms with van der Waals surface area (Å²) < 4.78 is 14.9. The van der Waals surface area contributed by atoms with Crippen LogP contribution in [-0.4, -0.2) is 16.4 Å². The minimum atomic E-state index is -4.26. The van der Waals surface area contributed by atoms with Crippen molar-refractivity contribution in [1.29, 1.82) is 0 Å². The molecule has 0 rings (SSSR count). The minimum absolute atomic E-state index is 0. The molecule has 6 heteroatoms. The molecule has 0 radical (unpaired) electrons. The zero-order valence-corrected chi connectivity index (χ0v) is 19.8. The molecule has 0 spiro atoms. The van der Waals surface area contributed by atoms with Gasteiger partial charge in [0.15, 0.2) is 0 Å². The van der Waals surface area contributed by atoms with Gasteiger partial charge in [-0.15, -0.1) is 0 Å². The fraction of sp³-hybridized carbons (Fsp3) is 1.00. The fourth-order valence-corrected chi connectivity index (χ4v) is 3.20. The van der Waals surface area contributed by atoms with E-state index in [0.717, 1.165) is 19.3 Å². The van der Waals surface area contributed by atoms with Crippen molar-refractivity contribution in [3.63, 3.8) is 0 Å². The molecule has 4 nitrogen and oxygen atoms in total. The van der Waals surface area contributed by atoms with Gasteiger partial charge < -0.3 is 9.79 Å². The SMILES string of the molecule is CCCCCCCCCCCCCCCCCCOP(=O)(O)O.[Nd]. The summed E-state index contributed by atoms with van der Waals surface area (Å²) in [5.74, 6) is 0. The van der Waals surface area contributed by atoms with E-state index < -0.39 is 7.82 Å². The van der Waals surface area contributed by atoms with E-state index in [1.54, 1.807) is 0 Å². The first-order valence-electron chi connectivity index (χ1n) is 9.76. The zero-order chi connectivity index (χ0) is 17.2. The second kappa shape index (κ2) is 20.8. The molecule has 0 aliphatic heterocycles. The van der Waals surface area contributed by atoms with E-state index in [2.05, 4.69) is 11.4 Å². The van der Waals surface area contributed by atoms with Gasteiger partial charge in [-0.3, -0.25) is 4.52 Å². The molecule has 144 valence electrons.